The van der Waals surface area contributed by atoms with Crippen molar-refractivity contribution in [3.05, 3.63) is 47.0 Å². The molecular formula is C10H13Cl2N. The zero-order valence-electron chi connectivity index (χ0n) is 7.46. The van der Waals surface area contributed by atoms with Gasteiger partial charge in [0.2, 0.25) is 0 Å². The summed E-state index contributed by atoms with van der Waals surface area (Å²) in [5, 5.41) is 0.754. The van der Waals surface area contributed by atoms with Gasteiger partial charge < -0.3 is 5.73 Å². The smallest absolute Gasteiger partial charge is 0.0479 e. The number of benzene rings is 1. The summed E-state index contributed by atoms with van der Waals surface area (Å²) in [6, 6.07) is 5.68. The van der Waals surface area contributed by atoms with Gasteiger partial charge in [-0.1, -0.05) is 29.8 Å². The van der Waals surface area contributed by atoms with Crippen LogP contribution in [0.3, 0.4) is 0 Å². The molecule has 0 saturated heterocycles. The molecule has 0 saturated carbocycles. The zero-order chi connectivity index (χ0) is 9.14. The summed E-state index contributed by atoms with van der Waals surface area (Å²) < 4.78 is 0. The highest BCUT2D eigenvalue weighted by molar-refractivity contribution is 6.31. The van der Waals surface area contributed by atoms with Gasteiger partial charge >= 0.3 is 0 Å². The van der Waals surface area contributed by atoms with E-state index >= 15 is 0 Å². The minimum atomic E-state index is -0.122. The monoisotopic (exact) mass is 217 g/mol. The third-order valence-electron chi connectivity index (χ3n) is 1.83. The fraction of sp³-hybridized carbons (Fsp3) is 0.200. The van der Waals surface area contributed by atoms with Crippen molar-refractivity contribution >= 4 is 24.0 Å². The van der Waals surface area contributed by atoms with Crippen molar-refractivity contribution in [2.45, 2.75) is 13.0 Å². The summed E-state index contributed by atoms with van der Waals surface area (Å²) >= 11 is 5.93. The van der Waals surface area contributed by atoms with Crippen LogP contribution in [0.25, 0.3) is 0 Å². The molecule has 0 radical (unpaired) electrons. The Bertz CT molecular complexity index is 297. The summed E-state index contributed by atoms with van der Waals surface area (Å²) in [5.41, 5.74) is 7.80. The van der Waals surface area contributed by atoms with Gasteiger partial charge in [-0.2, -0.15) is 0 Å². The third-order valence-corrected chi connectivity index (χ3v) is 2.24. The summed E-state index contributed by atoms with van der Waals surface area (Å²) in [6.45, 7) is 5.58. The molecule has 0 aromatic heterocycles. The molecule has 1 rings (SSSR count). The standard InChI is InChI=1S/C10H12ClN.ClH/c1-3-10(12)8-5-4-7(2)9(11)6-8;/h3-6,10H,1,12H2,2H3;1H/t10-;/m0./s1. The maximum Gasteiger partial charge on any atom is 0.0479 e. The first-order valence-electron chi connectivity index (χ1n) is 3.79. The van der Waals surface area contributed by atoms with E-state index in [1.807, 2.05) is 25.1 Å². The molecular weight excluding hydrogens is 205 g/mol. The van der Waals surface area contributed by atoms with Crippen molar-refractivity contribution < 1.29 is 0 Å². The second-order valence-electron chi connectivity index (χ2n) is 2.77. The normalized spacial score (nSPS) is 11.6. The van der Waals surface area contributed by atoms with Crippen molar-refractivity contribution in [3.63, 3.8) is 0 Å². The lowest BCUT2D eigenvalue weighted by Crippen LogP contribution is -2.06. The minimum Gasteiger partial charge on any atom is -0.321 e. The molecule has 0 unspecified atom stereocenters. The fourth-order valence-electron chi connectivity index (χ4n) is 0.953. The third kappa shape index (κ3) is 3.03. The summed E-state index contributed by atoms with van der Waals surface area (Å²) in [6.07, 6.45) is 1.70. The SMILES string of the molecule is C=C[C@H](N)c1ccc(C)c(Cl)c1.Cl. The largest absolute Gasteiger partial charge is 0.321 e. The van der Waals surface area contributed by atoms with Crippen molar-refractivity contribution in [2.24, 2.45) is 5.73 Å². The van der Waals surface area contributed by atoms with Crippen molar-refractivity contribution in [1.82, 2.24) is 0 Å². The molecule has 0 fully saturated rings. The molecule has 0 aliphatic carbocycles. The van der Waals surface area contributed by atoms with E-state index < -0.39 is 0 Å². The van der Waals surface area contributed by atoms with E-state index in [1.165, 1.54) is 0 Å². The first-order chi connectivity index (χ1) is 5.65. The quantitative estimate of drug-likeness (QED) is 0.757. The summed E-state index contributed by atoms with van der Waals surface area (Å²) in [7, 11) is 0. The second kappa shape index (κ2) is 5.28. The molecule has 0 amide bonds. The van der Waals surface area contributed by atoms with Crippen LogP contribution in [-0.4, -0.2) is 0 Å². The Balaban J connectivity index is 0.00000144. The Morgan fingerprint density at radius 2 is 2.15 bits per heavy atom. The predicted molar refractivity (Wildman–Crippen MR) is 60.6 cm³/mol. The Labute approximate surface area is 90.0 Å². The van der Waals surface area contributed by atoms with Gasteiger partial charge in [-0.25, -0.2) is 0 Å². The second-order valence-corrected chi connectivity index (χ2v) is 3.18. The maximum absolute atomic E-state index is 5.93. The van der Waals surface area contributed by atoms with Gasteiger partial charge in [0.15, 0.2) is 0 Å². The van der Waals surface area contributed by atoms with Crippen LogP contribution in [0.4, 0.5) is 0 Å². The summed E-state index contributed by atoms with van der Waals surface area (Å²) in [5.74, 6) is 0. The lowest BCUT2D eigenvalue weighted by molar-refractivity contribution is 0.913. The number of aryl methyl sites for hydroxylation is 1. The highest BCUT2D eigenvalue weighted by atomic mass is 35.5. The number of nitrogens with two attached hydrogens (primary N) is 1. The summed E-state index contributed by atoms with van der Waals surface area (Å²) in [4.78, 5) is 0. The topological polar surface area (TPSA) is 26.0 Å². The molecule has 2 N–H and O–H groups in total. The molecule has 3 heteroatoms. The van der Waals surface area contributed by atoms with Crippen LogP contribution in [0.1, 0.15) is 17.2 Å². The maximum atomic E-state index is 5.93. The van der Waals surface area contributed by atoms with Crippen LogP contribution in [-0.2, 0) is 0 Å². The molecule has 72 valence electrons. The number of hydrogen-bond acceptors (Lipinski definition) is 1. The highest BCUT2D eigenvalue weighted by Crippen LogP contribution is 2.20. The minimum absolute atomic E-state index is 0. The van der Waals surface area contributed by atoms with Gasteiger partial charge in [-0.05, 0) is 24.1 Å². The Kier molecular flexibility index (Phi) is 5.07. The van der Waals surface area contributed by atoms with Crippen LogP contribution in [0.5, 0.6) is 0 Å². The van der Waals surface area contributed by atoms with Gasteiger partial charge in [0, 0.05) is 11.1 Å². The fourth-order valence-corrected chi connectivity index (χ4v) is 1.14. The Morgan fingerprint density at radius 3 is 2.62 bits per heavy atom. The molecule has 1 aromatic rings. The van der Waals surface area contributed by atoms with Crippen LogP contribution in [0.15, 0.2) is 30.9 Å². The van der Waals surface area contributed by atoms with E-state index in [2.05, 4.69) is 6.58 Å². The van der Waals surface area contributed by atoms with Crippen molar-refractivity contribution in [3.8, 4) is 0 Å². The molecule has 1 atom stereocenters. The van der Waals surface area contributed by atoms with Gasteiger partial charge in [-0.3, -0.25) is 0 Å². The lowest BCUT2D eigenvalue weighted by atomic mass is 10.1. The van der Waals surface area contributed by atoms with E-state index in [4.69, 9.17) is 17.3 Å². The average Bonchev–Trinajstić information content (AvgIpc) is 2.08. The van der Waals surface area contributed by atoms with Crippen molar-refractivity contribution in [1.29, 1.82) is 0 Å². The van der Waals surface area contributed by atoms with E-state index in [0.717, 1.165) is 16.1 Å². The van der Waals surface area contributed by atoms with Crippen LogP contribution in [0, 0.1) is 6.92 Å². The molecule has 0 spiro atoms. The van der Waals surface area contributed by atoms with Gasteiger partial charge in [0.05, 0.1) is 0 Å². The van der Waals surface area contributed by atoms with Crippen LogP contribution >= 0.6 is 24.0 Å². The Morgan fingerprint density at radius 1 is 1.54 bits per heavy atom. The predicted octanol–water partition coefficient (Wildman–Crippen LogP) is 3.26. The van der Waals surface area contributed by atoms with E-state index in [-0.39, 0.29) is 18.4 Å². The van der Waals surface area contributed by atoms with E-state index in [0.29, 0.717) is 0 Å². The van der Waals surface area contributed by atoms with Gasteiger partial charge in [0.25, 0.3) is 0 Å². The lowest BCUT2D eigenvalue weighted by Gasteiger charge is -2.07. The molecule has 1 aromatic carbocycles. The first kappa shape index (κ1) is 12.5. The number of halogens is 2. The molecule has 13 heavy (non-hydrogen) atoms. The molecule has 0 heterocycles. The highest BCUT2D eigenvalue weighted by Gasteiger charge is 2.02. The van der Waals surface area contributed by atoms with E-state index in [1.54, 1.807) is 6.08 Å². The Hall–Kier alpha value is -0.500. The van der Waals surface area contributed by atoms with E-state index in [9.17, 15) is 0 Å². The molecule has 0 aliphatic rings. The first-order valence-corrected chi connectivity index (χ1v) is 4.17. The molecule has 0 bridgehead atoms. The van der Waals surface area contributed by atoms with Gasteiger partial charge in [-0.15, -0.1) is 19.0 Å². The van der Waals surface area contributed by atoms with Crippen LogP contribution in [0.2, 0.25) is 5.02 Å². The molecule has 0 aliphatic heterocycles. The van der Waals surface area contributed by atoms with Crippen molar-refractivity contribution in [2.75, 3.05) is 0 Å². The zero-order valence-corrected chi connectivity index (χ0v) is 9.03. The van der Waals surface area contributed by atoms with Crippen LogP contribution < -0.4 is 5.73 Å². The number of rotatable bonds is 2. The number of hydrogen-bond donors (Lipinski definition) is 1. The van der Waals surface area contributed by atoms with Gasteiger partial charge in [0.1, 0.15) is 0 Å². The average molecular weight is 218 g/mol. The molecule has 1 nitrogen and oxygen atoms in total.